The van der Waals surface area contributed by atoms with Crippen molar-refractivity contribution in [2.24, 2.45) is 0 Å². The topological polar surface area (TPSA) is 52.0 Å². The van der Waals surface area contributed by atoms with Gasteiger partial charge in [-0.05, 0) is 30.3 Å². The zero-order valence-electron chi connectivity index (χ0n) is 13.0. The molecule has 0 radical (unpaired) electrons. The van der Waals surface area contributed by atoms with Crippen LogP contribution in [0.5, 0.6) is 0 Å². The molecule has 6 heteroatoms. The molecule has 0 aliphatic rings. The van der Waals surface area contributed by atoms with Gasteiger partial charge in [0, 0.05) is 11.6 Å². The molecular weight excluding hydrogens is 356 g/mol. The zero-order chi connectivity index (χ0) is 17.4. The molecule has 4 rings (SSSR count). The van der Waals surface area contributed by atoms with Crippen LogP contribution in [0.4, 0.5) is 0 Å². The van der Waals surface area contributed by atoms with Gasteiger partial charge in [-0.2, -0.15) is 0 Å². The maximum absolute atomic E-state index is 13.3. The largest absolute Gasteiger partial charge is 0.268 e. The van der Waals surface area contributed by atoms with E-state index in [0.29, 0.717) is 27.3 Å². The molecule has 0 spiro atoms. The standard InChI is InChI=1S/C19H13ClN2O2S/c20-18-15-10-4-5-12-17(15)22(19(18)16-11-6-7-13-21-16)25(23,24)14-8-2-1-3-9-14/h1-13H. The Labute approximate surface area is 150 Å². The van der Waals surface area contributed by atoms with E-state index in [4.69, 9.17) is 11.6 Å². The number of aromatic nitrogens is 2. The van der Waals surface area contributed by atoms with E-state index in [2.05, 4.69) is 4.98 Å². The Hall–Kier alpha value is -2.63. The molecule has 2 aromatic heterocycles. The van der Waals surface area contributed by atoms with Crippen LogP contribution in [-0.2, 0) is 10.0 Å². The molecule has 25 heavy (non-hydrogen) atoms. The van der Waals surface area contributed by atoms with Crippen molar-refractivity contribution in [1.82, 2.24) is 8.96 Å². The maximum atomic E-state index is 13.3. The first kappa shape index (κ1) is 15.9. The van der Waals surface area contributed by atoms with Gasteiger partial charge in [0.15, 0.2) is 0 Å². The van der Waals surface area contributed by atoms with Crippen LogP contribution in [0.25, 0.3) is 22.3 Å². The molecule has 4 nitrogen and oxygen atoms in total. The van der Waals surface area contributed by atoms with Crippen molar-refractivity contribution < 1.29 is 8.42 Å². The normalized spacial score (nSPS) is 11.7. The maximum Gasteiger partial charge on any atom is 0.268 e. The first-order valence-corrected chi connectivity index (χ1v) is 9.43. The summed E-state index contributed by atoms with van der Waals surface area (Å²) in [5.41, 5.74) is 1.40. The monoisotopic (exact) mass is 368 g/mol. The van der Waals surface area contributed by atoms with E-state index in [1.165, 1.54) is 3.97 Å². The van der Waals surface area contributed by atoms with Crippen LogP contribution in [0.1, 0.15) is 0 Å². The molecule has 0 amide bonds. The number of hydrogen-bond acceptors (Lipinski definition) is 3. The van der Waals surface area contributed by atoms with Gasteiger partial charge in [-0.15, -0.1) is 0 Å². The molecule has 2 heterocycles. The van der Waals surface area contributed by atoms with Crippen molar-refractivity contribution in [3.8, 4) is 11.4 Å². The molecular formula is C19H13ClN2O2S. The SMILES string of the molecule is O=S(=O)(c1ccccc1)n1c(-c2ccccn2)c(Cl)c2ccccc21. The quantitative estimate of drug-likeness (QED) is 0.531. The highest BCUT2D eigenvalue weighted by Gasteiger charge is 2.27. The molecule has 0 saturated carbocycles. The van der Waals surface area contributed by atoms with Crippen molar-refractivity contribution in [2.75, 3.05) is 0 Å². The minimum Gasteiger partial charge on any atom is -0.255 e. The Morgan fingerprint density at radius 1 is 0.840 bits per heavy atom. The van der Waals surface area contributed by atoms with Crippen LogP contribution in [0.3, 0.4) is 0 Å². The molecule has 0 N–H and O–H groups in total. The Morgan fingerprint density at radius 2 is 1.52 bits per heavy atom. The summed E-state index contributed by atoms with van der Waals surface area (Å²) in [6.07, 6.45) is 1.61. The molecule has 124 valence electrons. The van der Waals surface area contributed by atoms with E-state index in [9.17, 15) is 8.42 Å². The number of benzene rings is 2. The lowest BCUT2D eigenvalue weighted by atomic mass is 10.2. The number of nitrogens with zero attached hydrogens (tertiary/aromatic N) is 2. The number of fused-ring (bicyclic) bond motifs is 1. The van der Waals surface area contributed by atoms with Gasteiger partial charge in [-0.1, -0.05) is 54.1 Å². The van der Waals surface area contributed by atoms with Gasteiger partial charge in [0.25, 0.3) is 10.0 Å². The van der Waals surface area contributed by atoms with Crippen molar-refractivity contribution in [1.29, 1.82) is 0 Å². The predicted molar refractivity (Wildman–Crippen MR) is 99.2 cm³/mol. The average molecular weight is 369 g/mol. The Balaban J connectivity index is 2.14. The first-order chi connectivity index (χ1) is 12.1. The summed E-state index contributed by atoms with van der Waals surface area (Å²) in [6, 6.07) is 20.8. The van der Waals surface area contributed by atoms with E-state index in [1.807, 2.05) is 6.07 Å². The Morgan fingerprint density at radius 3 is 2.24 bits per heavy atom. The second kappa shape index (κ2) is 6.02. The number of rotatable bonds is 3. The Bertz CT molecular complexity index is 1150. The average Bonchev–Trinajstić information content (AvgIpc) is 2.97. The third kappa shape index (κ3) is 2.52. The summed E-state index contributed by atoms with van der Waals surface area (Å²) in [7, 11) is -3.83. The highest BCUT2D eigenvalue weighted by Crippen LogP contribution is 2.39. The van der Waals surface area contributed by atoms with Gasteiger partial charge in [-0.3, -0.25) is 4.98 Å². The summed E-state index contributed by atoms with van der Waals surface area (Å²) in [6.45, 7) is 0. The zero-order valence-corrected chi connectivity index (χ0v) is 14.6. The highest BCUT2D eigenvalue weighted by atomic mass is 35.5. The summed E-state index contributed by atoms with van der Waals surface area (Å²) in [5, 5.41) is 1.04. The second-order valence-electron chi connectivity index (χ2n) is 5.48. The van der Waals surface area contributed by atoms with Crippen molar-refractivity contribution >= 4 is 32.5 Å². The van der Waals surface area contributed by atoms with Gasteiger partial charge < -0.3 is 0 Å². The van der Waals surface area contributed by atoms with Gasteiger partial charge in [-0.25, -0.2) is 12.4 Å². The Kier molecular flexibility index (Phi) is 3.82. The summed E-state index contributed by atoms with van der Waals surface area (Å²) in [4.78, 5) is 4.50. The fraction of sp³-hybridized carbons (Fsp3) is 0. The minimum atomic E-state index is -3.83. The lowest BCUT2D eigenvalue weighted by Gasteiger charge is -2.12. The van der Waals surface area contributed by atoms with E-state index < -0.39 is 10.0 Å². The first-order valence-electron chi connectivity index (χ1n) is 7.61. The van der Waals surface area contributed by atoms with Crippen LogP contribution in [0, 0.1) is 0 Å². The molecule has 0 fully saturated rings. The molecule has 0 saturated heterocycles. The van der Waals surface area contributed by atoms with Gasteiger partial charge >= 0.3 is 0 Å². The van der Waals surface area contributed by atoms with E-state index >= 15 is 0 Å². The smallest absolute Gasteiger partial charge is 0.255 e. The molecule has 0 atom stereocenters. The summed E-state index contributed by atoms with van der Waals surface area (Å²) < 4.78 is 27.9. The summed E-state index contributed by atoms with van der Waals surface area (Å²) in [5.74, 6) is 0. The number of hydrogen-bond donors (Lipinski definition) is 0. The lowest BCUT2D eigenvalue weighted by molar-refractivity contribution is 0.589. The molecule has 0 aliphatic heterocycles. The van der Waals surface area contributed by atoms with Crippen LogP contribution in [0.15, 0.2) is 83.9 Å². The predicted octanol–water partition coefficient (Wildman–Crippen LogP) is 4.59. The van der Waals surface area contributed by atoms with Crippen molar-refractivity contribution in [2.45, 2.75) is 4.90 Å². The van der Waals surface area contributed by atoms with E-state index in [0.717, 1.165) is 0 Å². The van der Waals surface area contributed by atoms with Crippen LogP contribution >= 0.6 is 11.6 Å². The van der Waals surface area contributed by atoms with Crippen LogP contribution < -0.4 is 0 Å². The fourth-order valence-electron chi connectivity index (χ4n) is 2.84. The molecule has 2 aromatic carbocycles. The third-order valence-corrected chi connectivity index (χ3v) is 6.07. The third-order valence-electron chi connectivity index (χ3n) is 3.96. The second-order valence-corrected chi connectivity index (χ2v) is 7.64. The van der Waals surface area contributed by atoms with E-state index in [1.54, 1.807) is 72.9 Å². The summed E-state index contributed by atoms with van der Waals surface area (Å²) >= 11 is 6.57. The van der Waals surface area contributed by atoms with Gasteiger partial charge in [0.2, 0.25) is 0 Å². The molecule has 0 bridgehead atoms. The van der Waals surface area contributed by atoms with Gasteiger partial charge in [0.05, 0.1) is 21.1 Å². The van der Waals surface area contributed by atoms with Gasteiger partial charge in [0.1, 0.15) is 5.69 Å². The van der Waals surface area contributed by atoms with Crippen molar-refractivity contribution in [3.63, 3.8) is 0 Å². The molecule has 0 unspecified atom stereocenters. The lowest BCUT2D eigenvalue weighted by Crippen LogP contribution is -2.14. The number of halogens is 1. The molecule has 0 aliphatic carbocycles. The van der Waals surface area contributed by atoms with Crippen molar-refractivity contribution in [3.05, 3.63) is 84.0 Å². The van der Waals surface area contributed by atoms with Crippen LogP contribution in [0.2, 0.25) is 5.02 Å². The fourth-order valence-corrected chi connectivity index (χ4v) is 4.79. The van der Waals surface area contributed by atoms with Crippen LogP contribution in [-0.4, -0.2) is 17.4 Å². The molecule has 4 aromatic rings. The minimum absolute atomic E-state index is 0.199. The number of para-hydroxylation sites is 1. The van der Waals surface area contributed by atoms with E-state index in [-0.39, 0.29) is 4.90 Å². The number of pyridine rings is 1. The highest BCUT2D eigenvalue weighted by molar-refractivity contribution is 7.90.